The molecule has 0 spiro atoms. The van der Waals surface area contributed by atoms with Gasteiger partial charge in [-0.1, -0.05) is 24.3 Å². The first-order valence-corrected chi connectivity index (χ1v) is 8.02. The molecule has 6 heteroatoms. The van der Waals surface area contributed by atoms with Gasteiger partial charge >= 0.3 is 0 Å². The Morgan fingerprint density at radius 1 is 1.17 bits per heavy atom. The Labute approximate surface area is 139 Å². The Morgan fingerprint density at radius 2 is 1.91 bits per heavy atom. The fourth-order valence-corrected chi connectivity index (χ4v) is 2.85. The quantitative estimate of drug-likeness (QED) is 0.566. The predicted molar refractivity (Wildman–Crippen MR) is 91.3 cm³/mol. The van der Waals surface area contributed by atoms with Crippen molar-refractivity contribution in [2.24, 2.45) is 0 Å². The zero-order chi connectivity index (χ0) is 16.7. The third kappa shape index (κ3) is 4.71. The minimum absolute atomic E-state index is 0.227. The summed E-state index contributed by atoms with van der Waals surface area (Å²) in [5, 5.41) is -0.227. The molecule has 1 aromatic rings. The van der Waals surface area contributed by atoms with Crippen molar-refractivity contribution in [1.82, 2.24) is 4.90 Å². The average molecular weight is 333 g/mol. The maximum Gasteiger partial charge on any atom is 0.293 e. The summed E-state index contributed by atoms with van der Waals surface area (Å²) < 4.78 is 10.0. The van der Waals surface area contributed by atoms with Gasteiger partial charge in [-0.05, 0) is 42.0 Å². The Morgan fingerprint density at radius 3 is 2.57 bits per heavy atom. The van der Waals surface area contributed by atoms with Crippen LogP contribution in [0.1, 0.15) is 12.0 Å². The lowest BCUT2D eigenvalue weighted by Gasteiger charge is -2.11. The number of hydrogen-bond acceptors (Lipinski definition) is 5. The van der Waals surface area contributed by atoms with E-state index in [0.29, 0.717) is 24.5 Å². The van der Waals surface area contributed by atoms with Crippen molar-refractivity contribution in [1.29, 1.82) is 0 Å². The van der Waals surface area contributed by atoms with E-state index in [0.717, 1.165) is 23.1 Å². The van der Waals surface area contributed by atoms with Crippen LogP contribution >= 0.6 is 11.8 Å². The first-order chi connectivity index (χ1) is 11.2. The second kappa shape index (κ2) is 8.55. The summed E-state index contributed by atoms with van der Waals surface area (Å²) in [5.74, 6) is 0.551. The molecule has 5 nitrogen and oxygen atoms in total. The average Bonchev–Trinajstić information content (AvgIpc) is 2.83. The van der Waals surface area contributed by atoms with Crippen LogP contribution in [0, 0.1) is 0 Å². The molecule has 1 aliphatic rings. The predicted octanol–water partition coefficient (Wildman–Crippen LogP) is 3.32. The smallest absolute Gasteiger partial charge is 0.293 e. The molecule has 0 atom stereocenters. The summed E-state index contributed by atoms with van der Waals surface area (Å²) in [5.41, 5.74) is 0.987. The van der Waals surface area contributed by atoms with E-state index in [1.165, 1.54) is 4.90 Å². The molecular formula is C17H19NO4S. The van der Waals surface area contributed by atoms with E-state index in [2.05, 4.69) is 0 Å². The molecule has 0 saturated carbocycles. The van der Waals surface area contributed by atoms with Gasteiger partial charge in [0.15, 0.2) is 0 Å². The molecule has 2 rings (SSSR count). The number of carbonyl (C=O) groups excluding carboxylic acids is 2. The molecule has 1 aliphatic heterocycles. The molecular weight excluding hydrogens is 314 g/mol. The molecule has 0 unspecified atom stereocenters. The zero-order valence-corrected chi connectivity index (χ0v) is 14.0. The van der Waals surface area contributed by atoms with Crippen LogP contribution in [-0.4, -0.2) is 43.4 Å². The number of benzene rings is 1. The minimum Gasteiger partial charge on any atom is -0.497 e. The van der Waals surface area contributed by atoms with Gasteiger partial charge in [0, 0.05) is 20.3 Å². The topological polar surface area (TPSA) is 55.8 Å². The largest absolute Gasteiger partial charge is 0.497 e. The third-order valence-corrected chi connectivity index (χ3v) is 4.18. The zero-order valence-electron chi connectivity index (χ0n) is 13.2. The summed E-state index contributed by atoms with van der Waals surface area (Å²) in [6.45, 7) is 0.913. The van der Waals surface area contributed by atoms with Gasteiger partial charge < -0.3 is 9.47 Å². The number of imide groups is 1. The normalized spacial score (nSPS) is 16.8. The highest BCUT2D eigenvalue weighted by atomic mass is 32.2. The summed E-state index contributed by atoms with van der Waals surface area (Å²) in [4.78, 5) is 25.7. The summed E-state index contributed by atoms with van der Waals surface area (Å²) in [6.07, 6.45) is 5.96. The van der Waals surface area contributed by atoms with Crippen molar-refractivity contribution < 1.29 is 19.1 Å². The Balaban J connectivity index is 1.97. The molecule has 0 N–H and O–H groups in total. The molecule has 0 aliphatic carbocycles. The van der Waals surface area contributed by atoms with Crippen molar-refractivity contribution in [2.45, 2.75) is 6.42 Å². The third-order valence-electron chi connectivity index (χ3n) is 3.26. The summed E-state index contributed by atoms with van der Waals surface area (Å²) in [7, 11) is 3.21. The van der Waals surface area contributed by atoms with E-state index in [4.69, 9.17) is 9.47 Å². The van der Waals surface area contributed by atoms with Crippen LogP contribution in [-0.2, 0) is 9.53 Å². The van der Waals surface area contributed by atoms with E-state index in [1.54, 1.807) is 26.4 Å². The van der Waals surface area contributed by atoms with Crippen molar-refractivity contribution in [2.75, 3.05) is 27.4 Å². The first-order valence-electron chi connectivity index (χ1n) is 7.20. The fourth-order valence-electron chi connectivity index (χ4n) is 2.04. The van der Waals surface area contributed by atoms with Crippen LogP contribution in [0.3, 0.4) is 0 Å². The molecule has 1 heterocycles. The second-order valence-electron chi connectivity index (χ2n) is 4.83. The maximum absolute atomic E-state index is 12.2. The van der Waals surface area contributed by atoms with Crippen LogP contribution in [0.15, 0.2) is 41.3 Å². The number of ether oxygens (including phenoxy) is 2. The van der Waals surface area contributed by atoms with E-state index in [1.807, 2.05) is 30.3 Å². The van der Waals surface area contributed by atoms with Crippen LogP contribution in [0.2, 0.25) is 0 Å². The van der Waals surface area contributed by atoms with Crippen LogP contribution < -0.4 is 4.74 Å². The van der Waals surface area contributed by atoms with Crippen LogP contribution in [0.25, 0.3) is 6.08 Å². The van der Waals surface area contributed by atoms with Crippen LogP contribution in [0.4, 0.5) is 4.79 Å². The Kier molecular flexibility index (Phi) is 6.43. The molecule has 2 amide bonds. The van der Waals surface area contributed by atoms with Crippen molar-refractivity contribution in [3.63, 3.8) is 0 Å². The van der Waals surface area contributed by atoms with Gasteiger partial charge in [0.25, 0.3) is 11.1 Å². The lowest BCUT2D eigenvalue weighted by Crippen LogP contribution is -2.29. The fraction of sp³-hybridized carbons (Fsp3) is 0.294. The summed E-state index contributed by atoms with van der Waals surface area (Å²) in [6, 6.07) is 7.56. The van der Waals surface area contributed by atoms with Crippen LogP contribution in [0.5, 0.6) is 5.75 Å². The van der Waals surface area contributed by atoms with Gasteiger partial charge in [-0.15, -0.1) is 0 Å². The van der Waals surface area contributed by atoms with Gasteiger partial charge in [-0.25, -0.2) is 0 Å². The van der Waals surface area contributed by atoms with Crippen molar-refractivity contribution in [3.8, 4) is 5.75 Å². The number of hydrogen-bond donors (Lipinski definition) is 0. The number of carbonyl (C=O) groups is 2. The van der Waals surface area contributed by atoms with E-state index < -0.39 is 0 Å². The second-order valence-corrected chi connectivity index (χ2v) is 5.83. The lowest BCUT2D eigenvalue weighted by atomic mass is 10.2. The lowest BCUT2D eigenvalue weighted by molar-refractivity contribution is -0.122. The molecule has 1 fully saturated rings. The number of methoxy groups -OCH3 is 2. The highest BCUT2D eigenvalue weighted by Gasteiger charge is 2.33. The molecule has 0 aromatic heterocycles. The number of allylic oxidation sites excluding steroid dienone is 2. The van der Waals surface area contributed by atoms with Gasteiger partial charge in [0.2, 0.25) is 0 Å². The molecule has 0 radical (unpaired) electrons. The van der Waals surface area contributed by atoms with E-state index in [-0.39, 0.29) is 11.1 Å². The van der Waals surface area contributed by atoms with Gasteiger partial charge in [-0.2, -0.15) is 0 Å². The van der Waals surface area contributed by atoms with E-state index in [9.17, 15) is 9.59 Å². The molecule has 23 heavy (non-hydrogen) atoms. The number of amides is 2. The molecule has 1 saturated heterocycles. The highest BCUT2D eigenvalue weighted by molar-refractivity contribution is 8.18. The molecule has 122 valence electrons. The maximum atomic E-state index is 12.2. The highest BCUT2D eigenvalue weighted by Crippen LogP contribution is 2.30. The van der Waals surface area contributed by atoms with Gasteiger partial charge in [-0.3, -0.25) is 14.5 Å². The van der Waals surface area contributed by atoms with Crippen molar-refractivity contribution in [3.05, 3.63) is 46.9 Å². The molecule has 1 aromatic carbocycles. The first kappa shape index (κ1) is 17.3. The van der Waals surface area contributed by atoms with Gasteiger partial charge in [0.1, 0.15) is 5.75 Å². The Hall–Kier alpha value is -2.05. The number of rotatable bonds is 7. The summed E-state index contributed by atoms with van der Waals surface area (Å²) >= 11 is 0.968. The SMILES string of the molecule is COCCCN1C(=O)S/C(=C/C=C/c2ccc(OC)cc2)C1=O. The minimum atomic E-state index is -0.240. The monoisotopic (exact) mass is 333 g/mol. The Bertz CT molecular complexity index is 622. The van der Waals surface area contributed by atoms with Gasteiger partial charge in [0.05, 0.1) is 12.0 Å². The number of thioether (sulfide) groups is 1. The standard InChI is InChI=1S/C17H19NO4S/c1-21-12-4-11-18-16(19)15(23-17(18)20)6-3-5-13-7-9-14(22-2)10-8-13/h3,5-10H,4,11-12H2,1-2H3/b5-3+,15-6+. The van der Waals surface area contributed by atoms with Crippen molar-refractivity contribution >= 4 is 29.0 Å². The molecule has 0 bridgehead atoms. The van der Waals surface area contributed by atoms with E-state index >= 15 is 0 Å². The number of nitrogens with zero attached hydrogens (tertiary/aromatic N) is 1.